The molecule has 1 aromatic rings. The van der Waals surface area contributed by atoms with Gasteiger partial charge in [0.15, 0.2) is 0 Å². The Morgan fingerprint density at radius 2 is 2.17 bits per heavy atom. The van der Waals surface area contributed by atoms with Crippen molar-refractivity contribution in [2.24, 2.45) is 0 Å². The predicted molar refractivity (Wildman–Crippen MR) is 64.5 cm³/mol. The Morgan fingerprint density at radius 3 is 2.67 bits per heavy atom. The molecule has 2 rings (SSSR count). The number of hydrogen-bond donors (Lipinski definition) is 2. The molecule has 0 unspecified atom stereocenters. The van der Waals surface area contributed by atoms with Crippen molar-refractivity contribution in [1.82, 2.24) is 5.32 Å². The summed E-state index contributed by atoms with van der Waals surface area (Å²) < 4.78 is 5.15. The number of carboxylic acid groups (broad SMARTS) is 1. The lowest BCUT2D eigenvalue weighted by atomic mass is 9.78. The second-order valence-corrected chi connectivity index (χ2v) is 5.16. The van der Waals surface area contributed by atoms with E-state index in [0.717, 1.165) is 19.3 Å². The summed E-state index contributed by atoms with van der Waals surface area (Å²) in [6, 6.07) is 0. The van der Waals surface area contributed by atoms with Gasteiger partial charge in [0.2, 0.25) is 0 Å². The van der Waals surface area contributed by atoms with Crippen LogP contribution in [0.3, 0.4) is 0 Å². The molecule has 1 fully saturated rings. The van der Waals surface area contributed by atoms with Crippen molar-refractivity contribution in [2.45, 2.75) is 45.1 Å². The van der Waals surface area contributed by atoms with E-state index >= 15 is 0 Å². The lowest BCUT2D eigenvalue weighted by molar-refractivity contribution is -0.136. The van der Waals surface area contributed by atoms with Gasteiger partial charge in [-0.2, -0.15) is 0 Å². The lowest BCUT2D eigenvalue weighted by Gasteiger charge is -2.39. The fourth-order valence-electron chi connectivity index (χ4n) is 2.24. The highest BCUT2D eigenvalue weighted by Gasteiger charge is 2.34. The molecule has 0 atom stereocenters. The second kappa shape index (κ2) is 4.48. The minimum Gasteiger partial charge on any atom is -0.481 e. The number of carbonyl (C=O) groups is 2. The fraction of sp³-hybridized carbons (Fsp3) is 0.538. The zero-order valence-corrected chi connectivity index (χ0v) is 10.6. The van der Waals surface area contributed by atoms with Crippen molar-refractivity contribution in [3.63, 3.8) is 0 Å². The Hall–Kier alpha value is -1.78. The summed E-state index contributed by atoms with van der Waals surface area (Å²) in [7, 11) is 0. The van der Waals surface area contributed by atoms with Gasteiger partial charge in [-0.05, 0) is 33.1 Å². The molecule has 0 spiro atoms. The van der Waals surface area contributed by atoms with Gasteiger partial charge in [0.25, 0.3) is 5.91 Å². The molecule has 98 valence electrons. The van der Waals surface area contributed by atoms with Crippen LogP contribution in [-0.4, -0.2) is 22.5 Å². The minimum atomic E-state index is -1.01. The Morgan fingerprint density at radius 1 is 1.50 bits per heavy atom. The van der Waals surface area contributed by atoms with Gasteiger partial charge in [-0.15, -0.1) is 0 Å². The van der Waals surface area contributed by atoms with Crippen LogP contribution >= 0.6 is 0 Å². The molecule has 0 radical (unpaired) electrons. The largest absolute Gasteiger partial charge is 0.481 e. The average molecular weight is 251 g/mol. The first-order valence-corrected chi connectivity index (χ1v) is 6.02. The number of aryl methyl sites for hydroxylation is 1. The Kier molecular flexibility index (Phi) is 3.15. The van der Waals surface area contributed by atoms with Gasteiger partial charge in [-0.1, -0.05) is 0 Å². The average Bonchev–Trinajstić information content (AvgIpc) is 2.56. The highest BCUT2D eigenvalue weighted by molar-refractivity contribution is 5.97. The van der Waals surface area contributed by atoms with Gasteiger partial charge in [-0.3, -0.25) is 9.59 Å². The van der Waals surface area contributed by atoms with E-state index in [9.17, 15) is 9.59 Å². The molecule has 0 saturated heterocycles. The molecule has 0 aliphatic heterocycles. The molecule has 1 aliphatic carbocycles. The molecule has 5 nitrogen and oxygen atoms in total. The van der Waals surface area contributed by atoms with E-state index in [1.807, 2.05) is 6.92 Å². The van der Waals surface area contributed by atoms with Crippen LogP contribution in [0.1, 0.15) is 47.9 Å². The standard InChI is InChI=1S/C13H17NO4/c1-8-7-18-9(6-10(15)16)11(8)12(17)14-13(2)4-3-5-13/h7H,3-6H2,1-2H3,(H,14,17)(H,15,16). The number of hydrogen-bond acceptors (Lipinski definition) is 3. The van der Waals surface area contributed by atoms with E-state index in [1.54, 1.807) is 6.92 Å². The Labute approximate surface area is 105 Å². The molecule has 1 heterocycles. The molecule has 1 saturated carbocycles. The molecule has 1 aromatic heterocycles. The first kappa shape index (κ1) is 12.7. The summed E-state index contributed by atoms with van der Waals surface area (Å²) >= 11 is 0. The number of rotatable bonds is 4. The van der Waals surface area contributed by atoms with E-state index < -0.39 is 5.97 Å². The van der Waals surface area contributed by atoms with Crippen molar-refractivity contribution in [2.75, 3.05) is 0 Å². The molecular formula is C13H17NO4. The number of carbonyl (C=O) groups excluding carboxylic acids is 1. The molecular weight excluding hydrogens is 234 g/mol. The zero-order chi connectivity index (χ0) is 13.3. The maximum Gasteiger partial charge on any atom is 0.311 e. The summed E-state index contributed by atoms with van der Waals surface area (Å²) in [6.45, 7) is 3.74. The van der Waals surface area contributed by atoms with Crippen LogP contribution in [0.4, 0.5) is 0 Å². The van der Waals surface area contributed by atoms with Crippen LogP contribution in [0.25, 0.3) is 0 Å². The number of carboxylic acids is 1. The van der Waals surface area contributed by atoms with Crippen molar-refractivity contribution in [3.05, 3.63) is 23.2 Å². The first-order valence-electron chi connectivity index (χ1n) is 6.02. The van der Waals surface area contributed by atoms with Crippen LogP contribution in [0.2, 0.25) is 0 Å². The van der Waals surface area contributed by atoms with Gasteiger partial charge in [0, 0.05) is 11.1 Å². The van der Waals surface area contributed by atoms with E-state index in [2.05, 4.69) is 5.32 Å². The van der Waals surface area contributed by atoms with Gasteiger partial charge >= 0.3 is 5.97 Å². The van der Waals surface area contributed by atoms with Crippen molar-refractivity contribution < 1.29 is 19.1 Å². The summed E-state index contributed by atoms with van der Waals surface area (Å²) in [5.41, 5.74) is 0.888. The van der Waals surface area contributed by atoms with Crippen LogP contribution in [-0.2, 0) is 11.2 Å². The maximum absolute atomic E-state index is 12.2. The monoisotopic (exact) mass is 251 g/mol. The van der Waals surface area contributed by atoms with Crippen LogP contribution in [0.5, 0.6) is 0 Å². The number of amides is 1. The first-order chi connectivity index (χ1) is 8.41. The molecule has 1 amide bonds. The van der Waals surface area contributed by atoms with Crippen molar-refractivity contribution in [1.29, 1.82) is 0 Å². The summed E-state index contributed by atoms with van der Waals surface area (Å²) in [4.78, 5) is 22.9. The van der Waals surface area contributed by atoms with Crippen LogP contribution in [0.15, 0.2) is 10.7 Å². The maximum atomic E-state index is 12.2. The van der Waals surface area contributed by atoms with E-state index in [1.165, 1.54) is 6.26 Å². The minimum absolute atomic E-state index is 0.152. The summed E-state index contributed by atoms with van der Waals surface area (Å²) in [6.07, 6.45) is 4.19. The third-order valence-corrected chi connectivity index (χ3v) is 3.46. The lowest BCUT2D eigenvalue weighted by Crippen LogP contribution is -2.51. The molecule has 1 aliphatic rings. The van der Waals surface area contributed by atoms with E-state index in [0.29, 0.717) is 11.1 Å². The smallest absolute Gasteiger partial charge is 0.311 e. The van der Waals surface area contributed by atoms with Crippen LogP contribution < -0.4 is 5.32 Å². The van der Waals surface area contributed by atoms with Crippen molar-refractivity contribution in [3.8, 4) is 0 Å². The third kappa shape index (κ3) is 2.39. The van der Waals surface area contributed by atoms with Gasteiger partial charge in [0.05, 0.1) is 11.8 Å². The quantitative estimate of drug-likeness (QED) is 0.856. The number of furan rings is 1. The van der Waals surface area contributed by atoms with Gasteiger partial charge in [-0.25, -0.2) is 0 Å². The summed E-state index contributed by atoms with van der Waals surface area (Å²) in [5.74, 6) is -1.02. The Balaban J connectivity index is 2.18. The molecule has 0 aromatic carbocycles. The molecule has 18 heavy (non-hydrogen) atoms. The fourth-order valence-corrected chi connectivity index (χ4v) is 2.24. The number of aliphatic carboxylic acids is 1. The van der Waals surface area contributed by atoms with Crippen molar-refractivity contribution >= 4 is 11.9 Å². The van der Waals surface area contributed by atoms with Crippen LogP contribution in [0, 0.1) is 6.92 Å². The normalized spacial score (nSPS) is 17.0. The Bertz CT molecular complexity index is 485. The molecule has 5 heteroatoms. The second-order valence-electron chi connectivity index (χ2n) is 5.16. The highest BCUT2D eigenvalue weighted by atomic mass is 16.4. The van der Waals surface area contributed by atoms with E-state index in [-0.39, 0.29) is 23.6 Å². The zero-order valence-electron chi connectivity index (χ0n) is 10.6. The third-order valence-electron chi connectivity index (χ3n) is 3.46. The SMILES string of the molecule is Cc1coc(CC(=O)O)c1C(=O)NC1(C)CCC1. The predicted octanol–water partition coefficient (Wildman–Crippen LogP) is 1.89. The highest BCUT2D eigenvalue weighted by Crippen LogP contribution is 2.31. The topological polar surface area (TPSA) is 79.5 Å². The molecule has 2 N–H and O–H groups in total. The molecule has 0 bridgehead atoms. The van der Waals surface area contributed by atoms with Gasteiger partial charge in [0.1, 0.15) is 12.2 Å². The van der Waals surface area contributed by atoms with E-state index in [4.69, 9.17) is 9.52 Å². The number of nitrogens with one attached hydrogen (secondary N) is 1. The van der Waals surface area contributed by atoms with Gasteiger partial charge < -0.3 is 14.8 Å². The summed E-state index contributed by atoms with van der Waals surface area (Å²) in [5, 5.41) is 11.7.